The summed E-state index contributed by atoms with van der Waals surface area (Å²) < 4.78 is 15.1. The second kappa shape index (κ2) is 7.33. The lowest BCUT2D eigenvalue weighted by molar-refractivity contribution is 0.0271. The van der Waals surface area contributed by atoms with Crippen LogP contribution in [0.3, 0.4) is 0 Å². The summed E-state index contributed by atoms with van der Waals surface area (Å²) in [5.74, 6) is 1.90. The standard InChI is InChI=1S/C21H19FN4O2/c1-3-13-6-7-16(12(2)8-13)25-19-15(21(27)26-28-10-14-4-5-14)9-17-20(18(19)22)24-11-23-17/h1,6-9,11,14,25H,4-5,10H2,2H3,(H,23,24)(H,26,27). The van der Waals surface area contributed by atoms with Crippen molar-refractivity contribution in [2.75, 3.05) is 11.9 Å². The van der Waals surface area contributed by atoms with E-state index in [1.54, 1.807) is 18.2 Å². The highest BCUT2D eigenvalue weighted by molar-refractivity contribution is 6.04. The molecule has 3 N–H and O–H groups in total. The molecular formula is C21H19FN4O2. The van der Waals surface area contributed by atoms with Crippen molar-refractivity contribution < 1.29 is 14.0 Å². The molecule has 6 nitrogen and oxygen atoms in total. The van der Waals surface area contributed by atoms with Gasteiger partial charge in [0.25, 0.3) is 5.91 Å². The van der Waals surface area contributed by atoms with Crippen LogP contribution in [0.2, 0.25) is 0 Å². The van der Waals surface area contributed by atoms with Crippen LogP contribution < -0.4 is 10.8 Å². The van der Waals surface area contributed by atoms with E-state index in [4.69, 9.17) is 11.3 Å². The number of H-pyrrole nitrogens is 1. The number of anilines is 2. The van der Waals surface area contributed by atoms with E-state index < -0.39 is 11.7 Å². The molecule has 0 atom stereocenters. The molecule has 0 spiro atoms. The summed E-state index contributed by atoms with van der Waals surface area (Å²) in [6.45, 7) is 2.31. The molecule has 1 amide bonds. The zero-order chi connectivity index (χ0) is 19.7. The summed E-state index contributed by atoms with van der Waals surface area (Å²) in [7, 11) is 0. The molecule has 28 heavy (non-hydrogen) atoms. The number of fused-ring (bicyclic) bond motifs is 1. The number of hydrogen-bond donors (Lipinski definition) is 3. The molecule has 1 fully saturated rings. The van der Waals surface area contributed by atoms with Gasteiger partial charge in [0.1, 0.15) is 5.52 Å². The van der Waals surface area contributed by atoms with E-state index in [0.717, 1.165) is 24.0 Å². The lowest BCUT2D eigenvalue weighted by Gasteiger charge is -2.15. The predicted octanol–water partition coefficient (Wildman–Crippen LogP) is 3.81. The number of hydrogen-bond acceptors (Lipinski definition) is 4. The Bertz CT molecular complexity index is 1100. The molecule has 1 heterocycles. The molecule has 2 aromatic carbocycles. The zero-order valence-electron chi connectivity index (χ0n) is 15.3. The maximum atomic E-state index is 15.1. The maximum absolute atomic E-state index is 15.1. The van der Waals surface area contributed by atoms with Crippen LogP contribution in [0.15, 0.2) is 30.6 Å². The van der Waals surface area contributed by atoms with Crippen molar-refractivity contribution in [1.29, 1.82) is 0 Å². The second-order valence-electron chi connectivity index (χ2n) is 6.90. The third kappa shape index (κ3) is 3.55. The number of carbonyl (C=O) groups is 1. The van der Waals surface area contributed by atoms with Crippen molar-refractivity contribution in [2.24, 2.45) is 5.92 Å². The minimum absolute atomic E-state index is 0.0312. The first-order valence-electron chi connectivity index (χ1n) is 8.99. The third-order valence-electron chi connectivity index (χ3n) is 4.73. The predicted molar refractivity (Wildman–Crippen MR) is 105 cm³/mol. The normalized spacial score (nSPS) is 13.3. The Morgan fingerprint density at radius 1 is 1.43 bits per heavy atom. The summed E-state index contributed by atoms with van der Waals surface area (Å²) in [4.78, 5) is 24.8. The van der Waals surface area contributed by atoms with Gasteiger partial charge in [0.2, 0.25) is 0 Å². The van der Waals surface area contributed by atoms with E-state index in [1.165, 1.54) is 6.33 Å². The number of nitrogens with zero attached hydrogens (tertiary/aromatic N) is 1. The van der Waals surface area contributed by atoms with Crippen molar-refractivity contribution >= 4 is 28.3 Å². The molecule has 142 valence electrons. The number of halogens is 1. The summed E-state index contributed by atoms with van der Waals surface area (Å²) >= 11 is 0. The summed E-state index contributed by atoms with van der Waals surface area (Å²) in [6, 6.07) is 6.86. The third-order valence-corrected chi connectivity index (χ3v) is 4.73. The van der Waals surface area contributed by atoms with Gasteiger partial charge in [0.05, 0.1) is 29.7 Å². The van der Waals surface area contributed by atoms with Crippen LogP contribution in [0.25, 0.3) is 11.0 Å². The molecule has 0 saturated heterocycles. The minimum Gasteiger partial charge on any atom is -0.352 e. The van der Waals surface area contributed by atoms with Gasteiger partial charge in [-0.2, -0.15) is 0 Å². The first-order chi connectivity index (χ1) is 13.6. The van der Waals surface area contributed by atoms with Crippen LogP contribution in [0.1, 0.15) is 34.3 Å². The lowest BCUT2D eigenvalue weighted by Crippen LogP contribution is -2.26. The number of benzene rings is 2. The molecule has 4 rings (SSSR count). The molecule has 1 aliphatic rings. The van der Waals surface area contributed by atoms with Crippen LogP contribution in [0.5, 0.6) is 0 Å². The van der Waals surface area contributed by atoms with Gasteiger partial charge in [-0.3, -0.25) is 9.63 Å². The fraction of sp³-hybridized carbons (Fsp3) is 0.238. The number of imidazole rings is 1. The highest BCUT2D eigenvalue weighted by atomic mass is 19.1. The number of aromatic amines is 1. The van der Waals surface area contributed by atoms with Crippen LogP contribution in [0.4, 0.5) is 15.8 Å². The molecule has 0 radical (unpaired) electrons. The molecule has 1 aromatic heterocycles. The van der Waals surface area contributed by atoms with Crippen LogP contribution in [-0.4, -0.2) is 22.5 Å². The second-order valence-corrected chi connectivity index (χ2v) is 6.90. The number of nitrogens with one attached hydrogen (secondary N) is 3. The summed E-state index contributed by atoms with van der Waals surface area (Å²) in [5.41, 5.74) is 5.32. The van der Waals surface area contributed by atoms with Crippen molar-refractivity contribution in [1.82, 2.24) is 15.4 Å². The van der Waals surface area contributed by atoms with E-state index in [-0.39, 0.29) is 16.8 Å². The van der Waals surface area contributed by atoms with Crippen molar-refractivity contribution in [3.8, 4) is 12.3 Å². The minimum atomic E-state index is -0.619. The topological polar surface area (TPSA) is 79.0 Å². The highest BCUT2D eigenvalue weighted by Gasteiger charge is 2.24. The van der Waals surface area contributed by atoms with E-state index in [0.29, 0.717) is 23.7 Å². The monoisotopic (exact) mass is 378 g/mol. The molecule has 0 bridgehead atoms. The zero-order valence-corrected chi connectivity index (χ0v) is 15.3. The molecule has 0 unspecified atom stereocenters. The Morgan fingerprint density at radius 3 is 2.96 bits per heavy atom. The number of amides is 1. The number of terminal acetylenes is 1. The number of hydroxylamine groups is 1. The number of carbonyl (C=O) groups excluding carboxylic acids is 1. The lowest BCUT2D eigenvalue weighted by atomic mass is 10.1. The number of aromatic nitrogens is 2. The van der Waals surface area contributed by atoms with Crippen molar-refractivity contribution in [3.05, 3.63) is 53.1 Å². The molecule has 0 aliphatic heterocycles. The van der Waals surface area contributed by atoms with Crippen LogP contribution in [0, 0.1) is 31.0 Å². The van der Waals surface area contributed by atoms with Gasteiger partial charge < -0.3 is 10.3 Å². The van der Waals surface area contributed by atoms with Gasteiger partial charge in [0.15, 0.2) is 5.82 Å². The van der Waals surface area contributed by atoms with E-state index in [2.05, 4.69) is 26.7 Å². The van der Waals surface area contributed by atoms with Gasteiger partial charge >= 0.3 is 0 Å². The van der Waals surface area contributed by atoms with Crippen LogP contribution >= 0.6 is 0 Å². The molecule has 7 heteroatoms. The Morgan fingerprint density at radius 2 is 2.25 bits per heavy atom. The van der Waals surface area contributed by atoms with Gasteiger partial charge in [-0.1, -0.05) is 5.92 Å². The van der Waals surface area contributed by atoms with Gasteiger partial charge in [-0.25, -0.2) is 14.9 Å². The summed E-state index contributed by atoms with van der Waals surface area (Å²) in [5, 5.41) is 3.02. The smallest absolute Gasteiger partial charge is 0.277 e. The number of rotatable bonds is 6. The Hall–Kier alpha value is -3.37. The molecular weight excluding hydrogens is 359 g/mol. The molecule has 3 aromatic rings. The first-order valence-corrected chi connectivity index (χ1v) is 8.99. The SMILES string of the molecule is C#Cc1ccc(Nc2c(C(=O)NOCC3CC3)cc3[nH]cnc3c2F)c(C)c1. The average Bonchev–Trinajstić information content (AvgIpc) is 3.39. The van der Waals surface area contributed by atoms with Gasteiger partial charge in [-0.05, 0) is 55.5 Å². The fourth-order valence-electron chi connectivity index (χ4n) is 2.94. The van der Waals surface area contributed by atoms with Crippen molar-refractivity contribution in [2.45, 2.75) is 19.8 Å². The molecule has 1 aliphatic carbocycles. The molecule has 1 saturated carbocycles. The van der Waals surface area contributed by atoms with E-state index in [9.17, 15) is 4.79 Å². The number of aryl methyl sites for hydroxylation is 1. The Labute approximate surface area is 161 Å². The average molecular weight is 378 g/mol. The van der Waals surface area contributed by atoms with E-state index in [1.807, 2.05) is 13.0 Å². The quantitative estimate of drug-likeness (QED) is 0.450. The summed E-state index contributed by atoms with van der Waals surface area (Å²) in [6.07, 6.45) is 9.01. The van der Waals surface area contributed by atoms with Crippen molar-refractivity contribution in [3.63, 3.8) is 0 Å². The first kappa shape index (κ1) is 18.0. The fourth-order valence-corrected chi connectivity index (χ4v) is 2.94. The largest absolute Gasteiger partial charge is 0.352 e. The van der Waals surface area contributed by atoms with E-state index >= 15 is 4.39 Å². The Kier molecular flexibility index (Phi) is 4.72. The van der Waals surface area contributed by atoms with Gasteiger partial charge in [0, 0.05) is 11.3 Å². The van der Waals surface area contributed by atoms with Gasteiger partial charge in [-0.15, -0.1) is 6.42 Å². The maximum Gasteiger partial charge on any atom is 0.277 e. The highest BCUT2D eigenvalue weighted by Crippen LogP contribution is 2.32. The van der Waals surface area contributed by atoms with Crippen LogP contribution in [-0.2, 0) is 4.84 Å². The Balaban J connectivity index is 1.69.